The summed E-state index contributed by atoms with van der Waals surface area (Å²) in [5.74, 6) is -0.475. The molecule has 2 aromatic heterocycles. The Morgan fingerprint density at radius 1 is 1.52 bits per heavy atom. The summed E-state index contributed by atoms with van der Waals surface area (Å²) in [5.41, 5.74) is 5.57. The number of carbonyl (C=O) groups is 2. The van der Waals surface area contributed by atoms with E-state index in [-0.39, 0.29) is 37.2 Å². The molecule has 1 saturated heterocycles. The lowest BCUT2D eigenvalue weighted by Crippen LogP contribution is -2.38. The Balaban J connectivity index is 1.78. The molecule has 3 rings (SSSR count). The zero-order chi connectivity index (χ0) is 16.6. The second-order valence-electron chi connectivity index (χ2n) is 5.52. The van der Waals surface area contributed by atoms with Crippen LogP contribution >= 0.6 is 0 Å². The number of alkyl halides is 1. The first kappa shape index (κ1) is 15.2. The summed E-state index contributed by atoms with van der Waals surface area (Å²) < 4.78 is 20.4. The largest absolute Gasteiger partial charge is 0.469 e. The average Bonchev–Trinajstić information content (AvgIpc) is 3.19. The molecule has 2 atom stereocenters. The molecule has 1 aliphatic rings. The van der Waals surface area contributed by atoms with Crippen molar-refractivity contribution >= 4 is 11.8 Å². The molecule has 9 heteroatoms. The molecule has 0 aromatic carbocycles. The van der Waals surface area contributed by atoms with Crippen LogP contribution in [0.25, 0.3) is 0 Å². The summed E-state index contributed by atoms with van der Waals surface area (Å²) in [6, 6.07) is 1.19. The van der Waals surface area contributed by atoms with Gasteiger partial charge in [0.1, 0.15) is 11.9 Å². The first-order valence-electron chi connectivity index (χ1n) is 7.14. The maximum atomic E-state index is 13.8. The van der Waals surface area contributed by atoms with Gasteiger partial charge in [0.05, 0.1) is 37.2 Å². The first-order chi connectivity index (χ1) is 11.0. The zero-order valence-electron chi connectivity index (χ0n) is 12.5. The van der Waals surface area contributed by atoms with E-state index in [4.69, 9.17) is 10.2 Å². The Hall–Kier alpha value is -2.71. The molecule has 0 saturated carbocycles. The van der Waals surface area contributed by atoms with Gasteiger partial charge in [0.2, 0.25) is 0 Å². The topological polar surface area (TPSA) is 107 Å². The molecule has 2 N–H and O–H groups in total. The van der Waals surface area contributed by atoms with Crippen LogP contribution in [0, 0.1) is 6.92 Å². The van der Waals surface area contributed by atoms with Crippen molar-refractivity contribution < 1.29 is 18.4 Å². The van der Waals surface area contributed by atoms with Crippen LogP contribution in [0.3, 0.4) is 0 Å². The van der Waals surface area contributed by atoms with Crippen molar-refractivity contribution in [2.75, 3.05) is 6.54 Å². The molecule has 1 fully saturated rings. The number of hydrogen-bond acceptors (Lipinski definition) is 5. The number of hydrogen-bond donors (Lipinski definition) is 1. The monoisotopic (exact) mass is 321 g/mol. The van der Waals surface area contributed by atoms with Gasteiger partial charge in [0.15, 0.2) is 5.69 Å². The smallest absolute Gasteiger partial charge is 0.270 e. The van der Waals surface area contributed by atoms with Crippen molar-refractivity contribution in [1.29, 1.82) is 0 Å². The third kappa shape index (κ3) is 2.94. The van der Waals surface area contributed by atoms with E-state index in [0.717, 1.165) is 0 Å². The summed E-state index contributed by atoms with van der Waals surface area (Å²) >= 11 is 0. The fraction of sp³-hybridized carbons (Fsp3) is 0.429. The standard InChI is InChI=1S/C14H16FN5O3/c1-8-11(2-3-23-8)14(22)20-5-9(15)4-10(20)6-19-7-12(13(16)21)17-18-19/h2-3,7,9-10H,4-6H2,1H3,(H2,16,21). The highest BCUT2D eigenvalue weighted by Crippen LogP contribution is 2.25. The maximum Gasteiger partial charge on any atom is 0.270 e. The van der Waals surface area contributed by atoms with Crippen molar-refractivity contribution in [2.45, 2.75) is 32.1 Å². The summed E-state index contributed by atoms with van der Waals surface area (Å²) in [4.78, 5) is 25.1. The predicted octanol–water partition coefficient (Wildman–Crippen LogP) is 0.531. The summed E-state index contributed by atoms with van der Waals surface area (Å²) in [6.45, 7) is 1.94. The number of aryl methyl sites for hydroxylation is 1. The third-order valence-corrected chi connectivity index (χ3v) is 3.90. The summed E-state index contributed by atoms with van der Waals surface area (Å²) in [6.07, 6.45) is 1.92. The Kier molecular flexibility index (Phi) is 3.85. The minimum atomic E-state index is -1.10. The fourth-order valence-electron chi connectivity index (χ4n) is 2.76. The molecule has 122 valence electrons. The first-order valence-corrected chi connectivity index (χ1v) is 7.14. The number of carbonyl (C=O) groups excluding carboxylic acids is 2. The normalized spacial score (nSPS) is 20.9. The number of nitrogens with two attached hydrogens (primary N) is 1. The van der Waals surface area contributed by atoms with Crippen molar-refractivity contribution in [2.24, 2.45) is 5.73 Å². The Labute approximate surface area is 131 Å². The number of halogens is 1. The van der Waals surface area contributed by atoms with Gasteiger partial charge in [-0.05, 0) is 13.0 Å². The van der Waals surface area contributed by atoms with Gasteiger partial charge in [-0.3, -0.25) is 9.59 Å². The molecule has 0 bridgehead atoms. The van der Waals surface area contributed by atoms with Crippen LogP contribution in [-0.2, 0) is 6.54 Å². The van der Waals surface area contributed by atoms with Crippen LogP contribution in [0.15, 0.2) is 22.9 Å². The number of primary amides is 1. The SMILES string of the molecule is Cc1occc1C(=O)N1CC(F)CC1Cn1cc(C(N)=O)nn1. The van der Waals surface area contributed by atoms with Crippen LogP contribution in [0.1, 0.15) is 33.0 Å². The van der Waals surface area contributed by atoms with E-state index in [0.29, 0.717) is 11.3 Å². The van der Waals surface area contributed by atoms with E-state index in [1.165, 1.54) is 22.0 Å². The molecule has 3 heterocycles. The lowest BCUT2D eigenvalue weighted by Gasteiger charge is -2.23. The average molecular weight is 321 g/mol. The zero-order valence-corrected chi connectivity index (χ0v) is 12.5. The number of aromatic nitrogens is 3. The Bertz CT molecular complexity index is 740. The van der Waals surface area contributed by atoms with Crippen LogP contribution in [0.4, 0.5) is 4.39 Å². The van der Waals surface area contributed by atoms with Crippen molar-refractivity contribution in [3.63, 3.8) is 0 Å². The van der Waals surface area contributed by atoms with E-state index in [9.17, 15) is 14.0 Å². The van der Waals surface area contributed by atoms with Crippen molar-refractivity contribution in [1.82, 2.24) is 19.9 Å². The van der Waals surface area contributed by atoms with Gasteiger partial charge in [-0.2, -0.15) is 0 Å². The molecular formula is C14H16FN5O3. The van der Waals surface area contributed by atoms with Crippen molar-refractivity contribution in [3.05, 3.63) is 35.5 Å². The molecule has 2 amide bonds. The lowest BCUT2D eigenvalue weighted by atomic mass is 10.2. The molecule has 1 aliphatic heterocycles. The van der Waals surface area contributed by atoms with Gasteiger partial charge in [-0.15, -0.1) is 5.10 Å². The van der Waals surface area contributed by atoms with Gasteiger partial charge in [0, 0.05) is 6.42 Å². The Morgan fingerprint density at radius 3 is 2.91 bits per heavy atom. The van der Waals surface area contributed by atoms with Crippen molar-refractivity contribution in [3.8, 4) is 0 Å². The molecule has 0 radical (unpaired) electrons. The fourth-order valence-corrected chi connectivity index (χ4v) is 2.76. The molecular weight excluding hydrogens is 305 g/mol. The molecule has 0 aliphatic carbocycles. The van der Waals surface area contributed by atoms with Crippen LogP contribution in [0.2, 0.25) is 0 Å². The molecule has 23 heavy (non-hydrogen) atoms. The molecule has 8 nitrogen and oxygen atoms in total. The molecule has 0 spiro atoms. The Morgan fingerprint density at radius 2 is 2.30 bits per heavy atom. The van der Waals surface area contributed by atoms with Gasteiger partial charge in [-0.1, -0.05) is 5.21 Å². The molecule has 2 aromatic rings. The van der Waals surface area contributed by atoms with E-state index < -0.39 is 12.1 Å². The highest BCUT2D eigenvalue weighted by molar-refractivity contribution is 5.95. The number of amides is 2. The minimum Gasteiger partial charge on any atom is -0.469 e. The minimum absolute atomic E-state index is 0.0193. The number of nitrogens with zero attached hydrogens (tertiary/aromatic N) is 4. The highest BCUT2D eigenvalue weighted by Gasteiger charge is 2.37. The number of likely N-dealkylation sites (tertiary alicyclic amines) is 1. The van der Waals surface area contributed by atoms with Crippen LogP contribution in [0.5, 0.6) is 0 Å². The second-order valence-corrected chi connectivity index (χ2v) is 5.52. The number of furan rings is 1. The van der Waals surface area contributed by atoms with Gasteiger partial charge < -0.3 is 15.1 Å². The quantitative estimate of drug-likeness (QED) is 0.884. The van der Waals surface area contributed by atoms with E-state index in [1.54, 1.807) is 13.0 Å². The second kappa shape index (κ2) is 5.82. The van der Waals surface area contributed by atoms with E-state index >= 15 is 0 Å². The summed E-state index contributed by atoms with van der Waals surface area (Å²) in [5, 5.41) is 7.42. The maximum absolute atomic E-state index is 13.8. The van der Waals surface area contributed by atoms with E-state index in [2.05, 4.69) is 10.3 Å². The predicted molar refractivity (Wildman–Crippen MR) is 76.3 cm³/mol. The number of rotatable bonds is 4. The van der Waals surface area contributed by atoms with Gasteiger partial charge >= 0.3 is 0 Å². The summed E-state index contributed by atoms with van der Waals surface area (Å²) in [7, 11) is 0. The van der Waals surface area contributed by atoms with Crippen LogP contribution < -0.4 is 5.73 Å². The third-order valence-electron chi connectivity index (χ3n) is 3.90. The van der Waals surface area contributed by atoms with Crippen LogP contribution in [-0.4, -0.2) is 50.5 Å². The molecule has 2 unspecified atom stereocenters. The van der Waals surface area contributed by atoms with Gasteiger partial charge in [0.25, 0.3) is 11.8 Å². The highest BCUT2D eigenvalue weighted by atomic mass is 19.1. The van der Waals surface area contributed by atoms with Gasteiger partial charge in [-0.25, -0.2) is 9.07 Å². The lowest BCUT2D eigenvalue weighted by molar-refractivity contribution is 0.0712. The van der Waals surface area contributed by atoms with E-state index in [1.807, 2.05) is 0 Å².